The van der Waals surface area contributed by atoms with Crippen LogP contribution in [0.3, 0.4) is 0 Å². The third-order valence-corrected chi connectivity index (χ3v) is 6.63. The summed E-state index contributed by atoms with van der Waals surface area (Å²) in [5.41, 5.74) is 5.24. The van der Waals surface area contributed by atoms with Gasteiger partial charge in [0, 0.05) is 23.4 Å². The Morgan fingerprint density at radius 3 is 2.17 bits per heavy atom. The Morgan fingerprint density at radius 2 is 1.44 bits per heavy atom. The summed E-state index contributed by atoms with van der Waals surface area (Å²) in [5.74, 6) is 0.953. The Labute approximate surface area is 236 Å². The highest BCUT2D eigenvalue weighted by Gasteiger charge is 2.21. The molecule has 0 aliphatic carbocycles. The number of fused-ring (bicyclic) bond motifs is 1. The summed E-state index contributed by atoms with van der Waals surface area (Å²) in [6.07, 6.45) is 2.22. The second-order valence-electron chi connectivity index (χ2n) is 9.37. The number of para-hydroxylation sites is 1. The summed E-state index contributed by atoms with van der Waals surface area (Å²) in [7, 11) is 0. The third kappa shape index (κ3) is 5.77. The molecule has 7 nitrogen and oxygen atoms in total. The number of furan rings is 1. The molecular weight excluding hydrogens is 517 g/mol. The highest BCUT2D eigenvalue weighted by molar-refractivity contribution is 6.05. The molecule has 8 heteroatoms. The molecule has 0 saturated carbocycles. The first-order chi connectivity index (χ1) is 20.2. The van der Waals surface area contributed by atoms with Crippen LogP contribution in [0.1, 0.15) is 5.56 Å². The van der Waals surface area contributed by atoms with Gasteiger partial charge < -0.3 is 20.4 Å². The normalized spacial score (nSPS) is 10.9. The monoisotopic (exact) mass is 543 g/mol. The number of aromatic nitrogens is 2. The predicted octanol–water partition coefficient (Wildman–Crippen LogP) is 7.99. The van der Waals surface area contributed by atoms with Crippen LogP contribution in [0, 0.1) is 5.82 Å². The van der Waals surface area contributed by atoms with Gasteiger partial charge in [0.15, 0.2) is 0 Å². The largest absolute Gasteiger partial charge is 0.437 e. The minimum absolute atomic E-state index is 0.121. The van der Waals surface area contributed by atoms with Crippen LogP contribution in [0.2, 0.25) is 0 Å². The highest BCUT2D eigenvalue weighted by Crippen LogP contribution is 2.42. The van der Waals surface area contributed by atoms with Crippen molar-refractivity contribution >= 4 is 34.3 Å². The molecule has 0 atom stereocenters. The average Bonchev–Trinajstić information content (AvgIpc) is 3.41. The molecular formula is C33H26FN5O2. The predicted molar refractivity (Wildman–Crippen MR) is 160 cm³/mol. The van der Waals surface area contributed by atoms with Gasteiger partial charge >= 0.3 is 6.03 Å². The number of nitrogens with one attached hydrogen (secondary N) is 3. The van der Waals surface area contributed by atoms with Crippen molar-refractivity contribution in [2.24, 2.45) is 0 Å². The van der Waals surface area contributed by atoms with Gasteiger partial charge in [0.05, 0.1) is 11.1 Å². The summed E-state index contributed by atoms with van der Waals surface area (Å²) in [6.45, 7) is 0.618. The topological polar surface area (TPSA) is 92.1 Å². The van der Waals surface area contributed by atoms with Gasteiger partial charge in [-0.15, -0.1) is 0 Å². The van der Waals surface area contributed by atoms with E-state index in [-0.39, 0.29) is 5.69 Å². The minimum Gasteiger partial charge on any atom is -0.437 e. The van der Waals surface area contributed by atoms with Gasteiger partial charge in [-0.1, -0.05) is 84.9 Å². The molecule has 2 aromatic heterocycles. The summed E-state index contributed by atoms with van der Waals surface area (Å²) < 4.78 is 20.1. The van der Waals surface area contributed by atoms with Gasteiger partial charge in [-0.05, 0) is 41.8 Å². The molecule has 0 saturated heterocycles. The van der Waals surface area contributed by atoms with Crippen molar-refractivity contribution < 1.29 is 13.6 Å². The number of benzene rings is 4. The molecule has 202 valence electrons. The van der Waals surface area contributed by atoms with Crippen molar-refractivity contribution in [2.75, 3.05) is 22.5 Å². The van der Waals surface area contributed by atoms with E-state index in [9.17, 15) is 9.18 Å². The van der Waals surface area contributed by atoms with E-state index < -0.39 is 11.8 Å². The van der Waals surface area contributed by atoms with Gasteiger partial charge in [-0.3, -0.25) is 0 Å². The molecule has 6 aromatic rings. The number of rotatable bonds is 8. The number of anilines is 3. The van der Waals surface area contributed by atoms with Crippen LogP contribution >= 0.6 is 0 Å². The Balaban J connectivity index is 1.17. The van der Waals surface area contributed by atoms with Crippen LogP contribution in [0.5, 0.6) is 0 Å². The van der Waals surface area contributed by atoms with Crippen LogP contribution in [0.15, 0.2) is 120 Å². The molecule has 0 aliphatic heterocycles. The fourth-order valence-electron chi connectivity index (χ4n) is 4.67. The number of amides is 2. The summed E-state index contributed by atoms with van der Waals surface area (Å²) in [4.78, 5) is 21.2. The zero-order valence-electron chi connectivity index (χ0n) is 22.0. The lowest BCUT2D eigenvalue weighted by atomic mass is 9.99. The van der Waals surface area contributed by atoms with Gasteiger partial charge in [-0.25, -0.2) is 19.2 Å². The summed E-state index contributed by atoms with van der Waals surface area (Å²) in [6, 6.07) is 33.1. The number of urea groups is 1. The maximum Gasteiger partial charge on any atom is 0.323 e. The number of carbonyl (C=O) groups is 1. The van der Waals surface area contributed by atoms with E-state index in [1.54, 1.807) is 12.1 Å². The van der Waals surface area contributed by atoms with Crippen LogP contribution in [-0.2, 0) is 6.42 Å². The van der Waals surface area contributed by atoms with Crippen molar-refractivity contribution in [3.8, 4) is 22.5 Å². The Morgan fingerprint density at radius 1 is 0.756 bits per heavy atom. The quantitative estimate of drug-likeness (QED) is 0.181. The lowest BCUT2D eigenvalue weighted by Crippen LogP contribution is -2.20. The molecule has 2 amide bonds. The molecule has 0 bridgehead atoms. The van der Waals surface area contributed by atoms with Crippen molar-refractivity contribution in [2.45, 2.75) is 6.42 Å². The first-order valence-corrected chi connectivity index (χ1v) is 13.2. The molecule has 6 rings (SSSR count). The van der Waals surface area contributed by atoms with E-state index in [2.05, 4.69) is 38.1 Å². The third-order valence-electron chi connectivity index (χ3n) is 6.63. The number of carbonyl (C=O) groups excluding carboxylic acids is 1. The second kappa shape index (κ2) is 11.7. The smallest absolute Gasteiger partial charge is 0.323 e. The van der Waals surface area contributed by atoms with Gasteiger partial charge in [0.25, 0.3) is 0 Å². The molecule has 41 heavy (non-hydrogen) atoms. The van der Waals surface area contributed by atoms with Gasteiger partial charge in [-0.2, -0.15) is 0 Å². The maximum atomic E-state index is 13.8. The lowest BCUT2D eigenvalue weighted by molar-refractivity contribution is 0.262. The van der Waals surface area contributed by atoms with E-state index in [1.807, 2.05) is 72.8 Å². The van der Waals surface area contributed by atoms with Crippen molar-refractivity contribution in [3.05, 3.63) is 127 Å². The SMILES string of the molecule is O=C(Nc1ccc(CCNc2ncnc3oc(-c4ccccc4)c(-c4ccccc4)c23)cc1)Nc1ccccc1F. The zero-order valence-corrected chi connectivity index (χ0v) is 22.0. The van der Waals surface area contributed by atoms with Crippen LogP contribution in [0.25, 0.3) is 33.6 Å². The minimum atomic E-state index is -0.513. The van der Waals surface area contributed by atoms with E-state index in [0.717, 1.165) is 39.8 Å². The van der Waals surface area contributed by atoms with Crippen molar-refractivity contribution in [1.29, 1.82) is 0 Å². The molecule has 4 aromatic carbocycles. The maximum absolute atomic E-state index is 13.8. The first-order valence-electron chi connectivity index (χ1n) is 13.2. The highest BCUT2D eigenvalue weighted by atomic mass is 19.1. The average molecular weight is 544 g/mol. The summed E-state index contributed by atoms with van der Waals surface area (Å²) in [5, 5.41) is 9.53. The Kier molecular flexibility index (Phi) is 7.36. The van der Waals surface area contributed by atoms with Crippen molar-refractivity contribution in [1.82, 2.24) is 9.97 Å². The van der Waals surface area contributed by atoms with E-state index >= 15 is 0 Å². The zero-order chi connectivity index (χ0) is 28.0. The number of hydrogen-bond donors (Lipinski definition) is 3. The van der Waals surface area contributed by atoms with Gasteiger partial charge in [0.2, 0.25) is 5.71 Å². The second-order valence-corrected chi connectivity index (χ2v) is 9.37. The Hall–Kier alpha value is -5.50. The van der Waals surface area contributed by atoms with Crippen molar-refractivity contribution in [3.63, 3.8) is 0 Å². The lowest BCUT2D eigenvalue weighted by Gasteiger charge is -2.10. The van der Waals surface area contributed by atoms with Gasteiger partial charge in [0.1, 0.15) is 23.7 Å². The fourth-order valence-corrected chi connectivity index (χ4v) is 4.67. The molecule has 2 heterocycles. The van der Waals surface area contributed by atoms with E-state index in [4.69, 9.17) is 4.42 Å². The number of halogens is 1. The first kappa shape index (κ1) is 25.8. The molecule has 0 unspecified atom stereocenters. The van der Waals surface area contributed by atoms with Crippen LogP contribution < -0.4 is 16.0 Å². The summed E-state index contributed by atoms with van der Waals surface area (Å²) >= 11 is 0. The van der Waals surface area contributed by atoms with Crippen LogP contribution in [-0.4, -0.2) is 22.5 Å². The standard InChI is InChI=1S/C33H26FN5O2/c34-26-13-7-8-14-27(26)39-33(40)38-25-17-15-22(16-18-25)19-20-35-31-29-28(23-9-3-1-4-10-23)30(24-11-5-2-6-12-24)41-32(29)37-21-36-31/h1-18,21H,19-20H2,(H,35,36,37)(H2,38,39,40). The molecule has 3 N–H and O–H groups in total. The van der Waals surface area contributed by atoms with E-state index in [1.165, 1.54) is 18.5 Å². The molecule has 0 radical (unpaired) electrons. The molecule has 0 fully saturated rings. The Bertz CT molecular complexity index is 1790. The number of nitrogens with zero attached hydrogens (tertiary/aromatic N) is 2. The molecule has 0 aliphatic rings. The number of hydrogen-bond acceptors (Lipinski definition) is 5. The van der Waals surface area contributed by atoms with E-state index in [0.29, 0.717) is 23.8 Å². The molecule has 0 spiro atoms. The fraction of sp³-hybridized carbons (Fsp3) is 0.0606. The van der Waals surface area contributed by atoms with Crippen LogP contribution in [0.4, 0.5) is 26.4 Å².